The summed E-state index contributed by atoms with van der Waals surface area (Å²) in [4.78, 5) is 24.6. The van der Waals surface area contributed by atoms with Crippen molar-refractivity contribution in [3.8, 4) is 5.75 Å². The molecule has 0 saturated heterocycles. The Morgan fingerprint density at radius 3 is 2.62 bits per heavy atom. The van der Waals surface area contributed by atoms with Gasteiger partial charge >= 0.3 is 5.97 Å². The number of nitrogens with one attached hydrogen (secondary N) is 1. The van der Waals surface area contributed by atoms with Crippen molar-refractivity contribution in [3.63, 3.8) is 0 Å². The van der Waals surface area contributed by atoms with Gasteiger partial charge in [0.15, 0.2) is 0 Å². The quantitative estimate of drug-likeness (QED) is 0.634. The molecule has 0 bridgehead atoms. The summed E-state index contributed by atoms with van der Waals surface area (Å²) in [5.41, 5.74) is 1.66. The zero-order valence-electron chi connectivity index (χ0n) is 17.1. The van der Waals surface area contributed by atoms with Crippen LogP contribution in [-0.2, 0) is 14.9 Å². The summed E-state index contributed by atoms with van der Waals surface area (Å²) >= 11 is 1.67. The number of para-hydroxylation sites is 1. The van der Waals surface area contributed by atoms with Crippen molar-refractivity contribution in [2.24, 2.45) is 0 Å². The van der Waals surface area contributed by atoms with Crippen LogP contribution >= 0.6 is 11.3 Å². The summed E-state index contributed by atoms with van der Waals surface area (Å²) in [6, 6.07) is 9.39. The molecule has 1 N–H and O–H groups in total. The molecule has 1 fully saturated rings. The van der Waals surface area contributed by atoms with E-state index in [0.717, 1.165) is 32.1 Å². The monoisotopic (exact) mass is 415 g/mol. The highest BCUT2D eigenvalue weighted by Crippen LogP contribution is 2.41. The predicted octanol–water partition coefficient (Wildman–Crippen LogP) is 4.71. The molecule has 6 heteroatoms. The van der Waals surface area contributed by atoms with Crippen LogP contribution in [0.4, 0.5) is 0 Å². The second-order valence-electron chi connectivity index (χ2n) is 7.61. The van der Waals surface area contributed by atoms with Gasteiger partial charge in [0.05, 0.1) is 12.7 Å². The Morgan fingerprint density at radius 2 is 1.97 bits per heavy atom. The first-order chi connectivity index (χ1) is 14.1. The Hall–Kier alpha value is -2.34. The number of thiophene rings is 1. The standard InChI is InChI=1S/C23H29NO4S/c1-3-6-21(25)28-18-9-12-23(13-10-18,17-11-14-29-15-17)16-24-22(26)19-7-4-5-8-20(19)27-2/h4-5,7-8,11,14-15,18H,3,6,9-10,12-13,16H2,1-2H3,(H,24,26). The Bertz CT molecular complexity index is 810. The van der Waals surface area contributed by atoms with E-state index in [-0.39, 0.29) is 23.4 Å². The molecule has 3 rings (SSSR count). The van der Waals surface area contributed by atoms with Crippen molar-refractivity contribution < 1.29 is 19.1 Å². The van der Waals surface area contributed by atoms with E-state index < -0.39 is 0 Å². The maximum absolute atomic E-state index is 12.8. The van der Waals surface area contributed by atoms with Crippen LogP contribution in [0.5, 0.6) is 5.75 Å². The molecule has 0 atom stereocenters. The molecule has 156 valence electrons. The maximum Gasteiger partial charge on any atom is 0.306 e. The zero-order chi connectivity index (χ0) is 20.7. The number of amides is 1. The Balaban J connectivity index is 1.68. The van der Waals surface area contributed by atoms with Crippen LogP contribution in [0.25, 0.3) is 0 Å². The highest BCUT2D eigenvalue weighted by molar-refractivity contribution is 7.08. The lowest BCUT2D eigenvalue weighted by molar-refractivity contribution is -0.151. The van der Waals surface area contributed by atoms with Gasteiger partial charge in [0.25, 0.3) is 5.91 Å². The van der Waals surface area contributed by atoms with Gasteiger partial charge in [-0.1, -0.05) is 19.1 Å². The van der Waals surface area contributed by atoms with Gasteiger partial charge in [-0.3, -0.25) is 9.59 Å². The minimum Gasteiger partial charge on any atom is -0.496 e. The van der Waals surface area contributed by atoms with Gasteiger partial charge in [0.2, 0.25) is 0 Å². The molecule has 1 aromatic heterocycles. The average molecular weight is 416 g/mol. The number of carbonyl (C=O) groups excluding carboxylic acids is 2. The molecular formula is C23H29NO4S. The first kappa shape index (κ1) is 21.4. The van der Waals surface area contributed by atoms with E-state index in [4.69, 9.17) is 9.47 Å². The minimum atomic E-state index is -0.134. The summed E-state index contributed by atoms with van der Waals surface area (Å²) in [6.45, 7) is 2.53. The van der Waals surface area contributed by atoms with Crippen molar-refractivity contribution in [3.05, 3.63) is 52.2 Å². The van der Waals surface area contributed by atoms with Gasteiger partial charge in [-0.2, -0.15) is 11.3 Å². The highest BCUT2D eigenvalue weighted by atomic mass is 32.1. The average Bonchev–Trinajstić information content (AvgIpc) is 3.29. The smallest absolute Gasteiger partial charge is 0.306 e. The topological polar surface area (TPSA) is 64.6 Å². The Morgan fingerprint density at radius 1 is 1.21 bits per heavy atom. The zero-order valence-corrected chi connectivity index (χ0v) is 17.9. The Labute approximate surface area is 176 Å². The van der Waals surface area contributed by atoms with Crippen LogP contribution < -0.4 is 10.1 Å². The molecule has 1 amide bonds. The molecular weight excluding hydrogens is 386 g/mol. The molecule has 0 unspecified atom stereocenters. The molecule has 1 aromatic carbocycles. The highest BCUT2D eigenvalue weighted by Gasteiger charge is 2.38. The van der Waals surface area contributed by atoms with Gasteiger partial charge in [0, 0.05) is 18.4 Å². The molecule has 5 nitrogen and oxygen atoms in total. The number of ether oxygens (including phenoxy) is 2. The first-order valence-electron chi connectivity index (χ1n) is 10.2. The van der Waals surface area contributed by atoms with E-state index in [1.165, 1.54) is 5.56 Å². The molecule has 1 aliphatic rings. The lowest BCUT2D eigenvalue weighted by Gasteiger charge is -2.40. The minimum absolute atomic E-state index is 0.0225. The molecule has 0 spiro atoms. The van der Waals surface area contributed by atoms with Gasteiger partial charge < -0.3 is 14.8 Å². The van der Waals surface area contributed by atoms with E-state index in [1.54, 1.807) is 30.6 Å². The molecule has 1 heterocycles. The molecule has 0 radical (unpaired) electrons. The molecule has 2 aromatic rings. The van der Waals surface area contributed by atoms with Crippen LogP contribution in [-0.4, -0.2) is 31.6 Å². The summed E-state index contributed by atoms with van der Waals surface area (Å²) < 4.78 is 10.9. The summed E-state index contributed by atoms with van der Waals surface area (Å²) in [5, 5.41) is 7.37. The molecule has 1 aliphatic carbocycles. The van der Waals surface area contributed by atoms with Crippen LogP contribution in [0.3, 0.4) is 0 Å². The number of rotatable bonds is 8. The fourth-order valence-electron chi connectivity index (χ4n) is 4.02. The van der Waals surface area contributed by atoms with Gasteiger partial charge in [0.1, 0.15) is 11.9 Å². The van der Waals surface area contributed by atoms with Crippen LogP contribution in [0, 0.1) is 0 Å². The lowest BCUT2D eigenvalue weighted by atomic mass is 9.69. The van der Waals surface area contributed by atoms with Crippen molar-refractivity contribution in [2.45, 2.75) is 57.0 Å². The van der Waals surface area contributed by atoms with Crippen LogP contribution in [0.2, 0.25) is 0 Å². The Kier molecular flexibility index (Phi) is 7.31. The van der Waals surface area contributed by atoms with E-state index in [2.05, 4.69) is 22.1 Å². The summed E-state index contributed by atoms with van der Waals surface area (Å²) in [7, 11) is 1.57. The van der Waals surface area contributed by atoms with E-state index in [1.807, 2.05) is 19.1 Å². The predicted molar refractivity (Wildman–Crippen MR) is 115 cm³/mol. The first-order valence-corrected chi connectivity index (χ1v) is 11.2. The normalized spacial score (nSPS) is 21.4. The second kappa shape index (κ2) is 9.92. The van der Waals surface area contributed by atoms with Crippen LogP contribution in [0.15, 0.2) is 41.1 Å². The number of hydrogen-bond acceptors (Lipinski definition) is 5. The fourth-order valence-corrected chi connectivity index (χ4v) is 4.80. The maximum atomic E-state index is 12.8. The number of esters is 1. The summed E-state index contributed by atoms with van der Waals surface area (Å²) in [6.07, 6.45) is 4.64. The number of methoxy groups -OCH3 is 1. The lowest BCUT2D eigenvalue weighted by Crippen LogP contribution is -2.44. The SMILES string of the molecule is CCCC(=O)OC1CCC(CNC(=O)c2ccccc2OC)(c2ccsc2)CC1. The molecule has 0 aliphatic heterocycles. The van der Waals surface area contributed by atoms with Crippen molar-refractivity contribution in [1.29, 1.82) is 0 Å². The van der Waals surface area contributed by atoms with Gasteiger partial charge in [-0.15, -0.1) is 0 Å². The van der Waals surface area contributed by atoms with E-state index >= 15 is 0 Å². The molecule has 29 heavy (non-hydrogen) atoms. The summed E-state index contributed by atoms with van der Waals surface area (Å²) in [5.74, 6) is 0.333. The van der Waals surface area contributed by atoms with Gasteiger partial charge in [-0.25, -0.2) is 0 Å². The third kappa shape index (κ3) is 5.18. The third-order valence-corrected chi connectivity index (χ3v) is 6.40. The fraction of sp³-hybridized carbons (Fsp3) is 0.478. The largest absolute Gasteiger partial charge is 0.496 e. The van der Waals surface area contributed by atoms with E-state index in [0.29, 0.717) is 24.3 Å². The molecule has 1 saturated carbocycles. The number of carbonyl (C=O) groups is 2. The van der Waals surface area contributed by atoms with Crippen LogP contribution in [0.1, 0.15) is 61.4 Å². The number of benzene rings is 1. The van der Waals surface area contributed by atoms with Crippen molar-refractivity contribution in [1.82, 2.24) is 5.32 Å². The van der Waals surface area contributed by atoms with Gasteiger partial charge in [-0.05, 0) is 66.6 Å². The van der Waals surface area contributed by atoms with Crippen molar-refractivity contribution >= 4 is 23.2 Å². The second-order valence-corrected chi connectivity index (χ2v) is 8.39. The third-order valence-electron chi connectivity index (χ3n) is 5.71. The number of hydrogen-bond donors (Lipinski definition) is 1. The van der Waals surface area contributed by atoms with Crippen molar-refractivity contribution in [2.75, 3.05) is 13.7 Å². The van der Waals surface area contributed by atoms with E-state index in [9.17, 15) is 9.59 Å².